The number of nitrogens with zero attached hydrogens (tertiary/aromatic N) is 1. The Kier molecular flexibility index (Phi) is 4.91. The first-order valence-electron chi connectivity index (χ1n) is 8.05. The van der Waals surface area contributed by atoms with Gasteiger partial charge in [0.15, 0.2) is 0 Å². The lowest BCUT2D eigenvalue weighted by Crippen LogP contribution is -2.42. The number of hydrogen-bond donors (Lipinski definition) is 2. The van der Waals surface area contributed by atoms with Crippen LogP contribution in [0, 0.1) is 17.3 Å². The number of nitrogens with one attached hydrogen (secondary N) is 1. The molecule has 0 aromatic carbocycles. The number of hydrogen-bond acceptors (Lipinski definition) is 3. The zero-order valence-electron chi connectivity index (χ0n) is 13.2. The second-order valence-corrected chi connectivity index (χ2v) is 7.59. The van der Waals surface area contributed by atoms with Crippen molar-refractivity contribution in [3.05, 3.63) is 0 Å². The summed E-state index contributed by atoms with van der Waals surface area (Å²) < 4.78 is 0. The van der Waals surface area contributed by atoms with E-state index in [0.29, 0.717) is 17.4 Å². The van der Waals surface area contributed by atoms with Gasteiger partial charge in [-0.05, 0) is 43.7 Å². The third-order valence-corrected chi connectivity index (χ3v) is 5.12. The molecule has 3 nitrogen and oxygen atoms in total. The van der Waals surface area contributed by atoms with Gasteiger partial charge < -0.3 is 15.3 Å². The summed E-state index contributed by atoms with van der Waals surface area (Å²) in [7, 11) is 0. The lowest BCUT2D eigenvalue weighted by molar-refractivity contribution is 0.122. The van der Waals surface area contributed by atoms with Crippen LogP contribution < -0.4 is 5.32 Å². The summed E-state index contributed by atoms with van der Waals surface area (Å²) in [5, 5.41) is 13.6. The number of aliphatic hydroxyl groups excluding tert-OH is 1. The van der Waals surface area contributed by atoms with Gasteiger partial charge in [-0.2, -0.15) is 0 Å². The highest BCUT2D eigenvalue weighted by Gasteiger charge is 2.41. The van der Waals surface area contributed by atoms with Crippen LogP contribution in [0.5, 0.6) is 0 Å². The Morgan fingerprint density at radius 1 is 1.26 bits per heavy atom. The Bertz CT molecular complexity index is 287. The summed E-state index contributed by atoms with van der Waals surface area (Å²) in [4.78, 5) is 2.58. The average molecular weight is 268 g/mol. The molecule has 19 heavy (non-hydrogen) atoms. The zero-order chi connectivity index (χ0) is 14.0. The molecule has 0 bridgehead atoms. The molecule has 2 rings (SSSR count). The van der Waals surface area contributed by atoms with Crippen LogP contribution in [-0.2, 0) is 0 Å². The topological polar surface area (TPSA) is 35.5 Å². The van der Waals surface area contributed by atoms with Crippen molar-refractivity contribution in [2.24, 2.45) is 17.3 Å². The maximum Gasteiger partial charge on any atom is 0.0583 e. The minimum Gasteiger partial charge on any atom is -0.393 e. The van der Waals surface area contributed by atoms with Crippen LogP contribution in [0.25, 0.3) is 0 Å². The molecule has 4 atom stereocenters. The lowest BCUT2D eigenvalue weighted by atomic mass is 9.84. The maximum atomic E-state index is 9.97. The maximum absolute atomic E-state index is 9.97. The molecule has 1 saturated carbocycles. The van der Waals surface area contributed by atoms with Crippen molar-refractivity contribution in [3.8, 4) is 0 Å². The van der Waals surface area contributed by atoms with Crippen LogP contribution >= 0.6 is 0 Å². The highest BCUT2D eigenvalue weighted by Crippen LogP contribution is 2.38. The van der Waals surface area contributed by atoms with Crippen LogP contribution in [0.1, 0.15) is 47.0 Å². The summed E-state index contributed by atoms with van der Waals surface area (Å²) in [6, 6.07) is 0.586. The van der Waals surface area contributed by atoms with Gasteiger partial charge in [0.1, 0.15) is 0 Å². The van der Waals surface area contributed by atoms with Gasteiger partial charge in [0.05, 0.1) is 6.10 Å². The van der Waals surface area contributed by atoms with E-state index in [1.165, 1.54) is 25.9 Å². The van der Waals surface area contributed by atoms with Crippen LogP contribution in [0.2, 0.25) is 0 Å². The van der Waals surface area contributed by atoms with Gasteiger partial charge in [-0.1, -0.05) is 27.7 Å². The number of aliphatic hydroxyl groups is 1. The van der Waals surface area contributed by atoms with Gasteiger partial charge in [-0.25, -0.2) is 0 Å². The molecule has 3 heteroatoms. The van der Waals surface area contributed by atoms with Crippen molar-refractivity contribution in [1.29, 1.82) is 0 Å². The van der Waals surface area contributed by atoms with Crippen LogP contribution in [-0.4, -0.2) is 48.3 Å². The van der Waals surface area contributed by atoms with Gasteiger partial charge >= 0.3 is 0 Å². The van der Waals surface area contributed by atoms with Gasteiger partial charge in [0.2, 0.25) is 0 Å². The van der Waals surface area contributed by atoms with Crippen molar-refractivity contribution in [3.63, 3.8) is 0 Å². The number of rotatable bonds is 5. The largest absolute Gasteiger partial charge is 0.393 e. The Morgan fingerprint density at radius 2 is 2.00 bits per heavy atom. The SMILES string of the molecule is CCNC(CCN1CC2CCC(O)C2C1)C(C)(C)C. The fourth-order valence-corrected chi connectivity index (χ4v) is 3.91. The van der Waals surface area contributed by atoms with Crippen molar-refractivity contribution in [1.82, 2.24) is 10.2 Å². The van der Waals surface area contributed by atoms with E-state index in [2.05, 4.69) is 37.9 Å². The van der Waals surface area contributed by atoms with E-state index in [-0.39, 0.29) is 6.10 Å². The Balaban J connectivity index is 1.79. The molecular formula is C16H32N2O. The minimum atomic E-state index is -0.0258. The highest BCUT2D eigenvalue weighted by atomic mass is 16.3. The third kappa shape index (κ3) is 3.71. The smallest absolute Gasteiger partial charge is 0.0583 e. The van der Waals surface area contributed by atoms with Gasteiger partial charge in [0.25, 0.3) is 0 Å². The Labute approximate surface area is 118 Å². The van der Waals surface area contributed by atoms with E-state index < -0.39 is 0 Å². The van der Waals surface area contributed by atoms with Gasteiger partial charge in [0, 0.05) is 25.0 Å². The summed E-state index contributed by atoms with van der Waals surface area (Å²) >= 11 is 0. The predicted octanol–water partition coefficient (Wildman–Crippen LogP) is 2.10. The molecule has 0 spiro atoms. The van der Waals surface area contributed by atoms with Crippen molar-refractivity contribution < 1.29 is 5.11 Å². The van der Waals surface area contributed by atoms with E-state index in [4.69, 9.17) is 0 Å². The quantitative estimate of drug-likeness (QED) is 0.801. The molecule has 112 valence electrons. The Morgan fingerprint density at radius 3 is 2.58 bits per heavy atom. The van der Waals surface area contributed by atoms with Crippen LogP contribution in [0.15, 0.2) is 0 Å². The van der Waals surface area contributed by atoms with Crippen LogP contribution in [0.4, 0.5) is 0 Å². The number of fused-ring (bicyclic) bond motifs is 1. The molecule has 1 aliphatic carbocycles. The molecule has 0 aromatic rings. The fraction of sp³-hybridized carbons (Fsp3) is 1.00. The molecule has 2 aliphatic rings. The second kappa shape index (κ2) is 6.11. The predicted molar refractivity (Wildman–Crippen MR) is 80.2 cm³/mol. The van der Waals surface area contributed by atoms with E-state index in [1.807, 2.05) is 0 Å². The summed E-state index contributed by atoms with van der Waals surface area (Å²) in [5.41, 5.74) is 0.325. The standard InChI is InChI=1S/C16H32N2O/c1-5-17-15(16(2,3)4)8-9-18-10-12-6-7-14(19)13(12)11-18/h12-15,17,19H,5-11H2,1-4H3. The van der Waals surface area contributed by atoms with E-state index >= 15 is 0 Å². The lowest BCUT2D eigenvalue weighted by Gasteiger charge is -2.33. The van der Waals surface area contributed by atoms with E-state index in [9.17, 15) is 5.11 Å². The summed E-state index contributed by atoms with van der Waals surface area (Å²) in [5.74, 6) is 1.33. The molecular weight excluding hydrogens is 236 g/mol. The van der Waals surface area contributed by atoms with Gasteiger partial charge in [-0.15, -0.1) is 0 Å². The molecule has 0 amide bonds. The summed E-state index contributed by atoms with van der Waals surface area (Å²) in [6.45, 7) is 13.7. The molecule has 1 aliphatic heterocycles. The van der Waals surface area contributed by atoms with Crippen LogP contribution in [0.3, 0.4) is 0 Å². The van der Waals surface area contributed by atoms with E-state index in [0.717, 1.165) is 25.4 Å². The fourth-order valence-electron chi connectivity index (χ4n) is 3.91. The second-order valence-electron chi connectivity index (χ2n) is 7.59. The zero-order valence-corrected chi connectivity index (χ0v) is 13.2. The molecule has 0 aromatic heterocycles. The Hall–Kier alpha value is -0.120. The third-order valence-electron chi connectivity index (χ3n) is 5.12. The van der Waals surface area contributed by atoms with Gasteiger partial charge in [-0.3, -0.25) is 0 Å². The molecule has 2 fully saturated rings. The highest BCUT2D eigenvalue weighted by molar-refractivity contribution is 4.94. The molecule has 1 heterocycles. The summed E-state index contributed by atoms with van der Waals surface area (Å²) in [6.07, 6.45) is 3.46. The number of likely N-dealkylation sites (tertiary alicyclic amines) is 1. The first kappa shape index (κ1) is 15.3. The van der Waals surface area contributed by atoms with Crippen molar-refractivity contribution >= 4 is 0 Å². The average Bonchev–Trinajstić information content (AvgIpc) is 2.86. The molecule has 1 saturated heterocycles. The molecule has 0 radical (unpaired) electrons. The monoisotopic (exact) mass is 268 g/mol. The molecule has 2 N–H and O–H groups in total. The van der Waals surface area contributed by atoms with Crippen molar-refractivity contribution in [2.75, 3.05) is 26.2 Å². The van der Waals surface area contributed by atoms with E-state index in [1.54, 1.807) is 0 Å². The van der Waals surface area contributed by atoms with Crippen molar-refractivity contribution in [2.45, 2.75) is 59.1 Å². The normalized spacial score (nSPS) is 33.6. The first-order chi connectivity index (χ1) is 8.91. The molecule has 4 unspecified atom stereocenters. The first-order valence-corrected chi connectivity index (χ1v) is 8.05. The minimum absolute atomic E-state index is 0.0258.